The summed E-state index contributed by atoms with van der Waals surface area (Å²) >= 11 is 0. The molecule has 1 aliphatic rings. The van der Waals surface area contributed by atoms with E-state index in [9.17, 15) is 4.79 Å². The van der Waals surface area contributed by atoms with Crippen LogP contribution < -0.4 is 10.9 Å². The molecule has 0 aromatic carbocycles. The van der Waals surface area contributed by atoms with Crippen LogP contribution in [-0.4, -0.2) is 29.2 Å². The zero-order chi connectivity index (χ0) is 13.0. The van der Waals surface area contributed by atoms with Crippen LogP contribution in [0.15, 0.2) is 10.9 Å². The Kier molecular flexibility index (Phi) is 4.49. The first kappa shape index (κ1) is 13.2. The average molecular weight is 251 g/mol. The van der Waals surface area contributed by atoms with Crippen molar-refractivity contribution in [1.82, 2.24) is 15.3 Å². The second-order valence-corrected chi connectivity index (χ2v) is 5.15. The molecule has 18 heavy (non-hydrogen) atoms. The highest BCUT2D eigenvalue weighted by Gasteiger charge is 2.17. The number of nitrogens with one attached hydrogen (secondary N) is 2. The van der Waals surface area contributed by atoms with Crippen LogP contribution in [-0.2, 0) is 17.7 Å². The standard InChI is InChI=1S/C13H21N3O2/c1-9(2)14-7-11-6-13(17)16-12(15-11)5-10-3-4-18-8-10/h6,9-10,14H,3-5,7-8H2,1-2H3,(H,15,16,17). The molecule has 0 bridgehead atoms. The van der Waals surface area contributed by atoms with Gasteiger partial charge < -0.3 is 15.0 Å². The third-order valence-electron chi connectivity index (χ3n) is 3.04. The zero-order valence-corrected chi connectivity index (χ0v) is 11.0. The molecule has 0 aliphatic carbocycles. The van der Waals surface area contributed by atoms with Crippen molar-refractivity contribution in [2.24, 2.45) is 5.92 Å². The molecule has 2 rings (SSSR count). The van der Waals surface area contributed by atoms with Gasteiger partial charge in [0, 0.05) is 38.3 Å². The number of hydrogen-bond acceptors (Lipinski definition) is 4. The van der Waals surface area contributed by atoms with Crippen LogP contribution in [0, 0.1) is 5.92 Å². The Balaban J connectivity index is 2.03. The van der Waals surface area contributed by atoms with Crippen molar-refractivity contribution in [3.8, 4) is 0 Å². The number of nitrogens with zero attached hydrogens (tertiary/aromatic N) is 1. The van der Waals surface area contributed by atoms with Gasteiger partial charge in [0.25, 0.3) is 5.56 Å². The van der Waals surface area contributed by atoms with E-state index >= 15 is 0 Å². The summed E-state index contributed by atoms with van der Waals surface area (Å²) in [5.41, 5.74) is 0.737. The average Bonchev–Trinajstić information content (AvgIpc) is 2.78. The molecule has 5 nitrogen and oxygen atoms in total. The van der Waals surface area contributed by atoms with Gasteiger partial charge in [0.1, 0.15) is 5.82 Å². The molecule has 1 aromatic heterocycles. The topological polar surface area (TPSA) is 67.0 Å². The van der Waals surface area contributed by atoms with E-state index in [4.69, 9.17) is 4.74 Å². The molecule has 5 heteroatoms. The molecule has 1 fully saturated rings. The molecule has 1 aliphatic heterocycles. The molecular weight excluding hydrogens is 230 g/mol. The summed E-state index contributed by atoms with van der Waals surface area (Å²) in [4.78, 5) is 18.9. The fourth-order valence-corrected chi connectivity index (χ4v) is 2.08. The maximum atomic E-state index is 11.6. The van der Waals surface area contributed by atoms with Crippen molar-refractivity contribution < 1.29 is 4.74 Å². The van der Waals surface area contributed by atoms with Crippen molar-refractivity contribution in [2.45, 2.75) is 39.3 Å². The number of rotatable bonds is 5. The van der Waals surface area contributed by atoms with Crippen molar-refractivity contribution in [1.29, 1.82) is 0 Å². The van der Waals surface area contributed by atoms with Crippen LogP contribution in [0.2, 0.25) is 0 Å². The smallest absolute Gasteiger partial charge is 0.251 e. The van der Waals surface area contributed by atoms with Crippen LogP contribution in [0.4, 0.5) is 0 Å². The predicted molar refractivity (Wildman–Crippen MR) is 69.5 cm³/mol. The molecule has 1 aromatic rings. The SMILES string of the molecule is CC(C)NCc1cc(=O)[nH]c(CC2CCOC2)n1. The number of aromatic nitrogens is 2. The van der Waals surface area contributed by atoms with E-state index in [1.807, 2.05) is 0 Å². The van der Waals surface area contributed by atoms with Gasteiger partial charge in [0.15, 0.2) is 0 Å². The first-order valence-electron chi connectivity index (χ1n) is 6.53. The summed E-state index contributed by atoms with van der Waals surface area (Å²) < 4.78 is 5.34. The van der Waals surface area contributed by atoms with Crippen LogP contribution in [0.5, 0.6) is 0 Å². The Morgan fingerprint density at radius 1 is 1.61 bits per heavy atom. The highest BCUT2D eigenvalue weighted by atomic mass is 16.5. The quantitative estimate of drug-likeness (QED) is 0.814. The van der Waals surface area contributed by atoms with Gasteiger partial charge in [0.05, 0.1) is 5.69 Å². The molecule has 0 spiro atoms. The molecule has 1 unspecified atom stereocenters. The summed E-state index contributed by atoms with van der Waals surface area (Å²) in [6.07, 6.45) is 1.85. The first-order valence-corrected chi connectivity index (χ1v) is 6.53. The Hall–Kier alpha value is -1.20. The highest BCUT2D eigenvalue weighted by molar-refractivity contribution is 5.03. The maximum absolute atomic E-state index is 11.6. The minimum atomic E-state index is -0.0699. The van der Waals surface area contributed by atoms with Gasteiger partial charge in [-0.3, -0.25) is 4.79 Å². The number of H-pyrrole nitrogens is 1. The molecule has 2 N–H and O–H groups in total. The van der Waals surface area contributed by atoms with Gasteiger partial charge in [0.2, 0.25) is 0 Å². The molecule has 0 saturated carbocycles. The second-order valence-electron chi connectivity index (χ2n) is 5.15. The van der Waals surface area contributed by atoms with Crippen molar-refractivity contribution in [2.75, 3.05) is 13.2 Å². The molecule has 100 valence electrons. The van der Waals surface area contributed by atoms with Crippen LogP contribution in [0.1, 0.15) is 31.8 Å². The minimum absolute atomic E-state index is 0.0699. The second kappa shape index (κ2) is 6.11. The zero-order valence-electron chi connectivity index (χ0n) is 11.0. The van der Waals surface area contributed by atoms with Gasteiger partial charge >= 0.3 is 0 Å². The monoisotopic (exact) mass is 251 g/mol. The summed E-state index contributed by atoms with van der Waals surface area (Å²) in [5.74, 6) is 1.26. The minimum Gasteiger partial charge on any atom is -0.381 e. The van der Waals surface area contributed by atoms with Crippen molar-refractivity contribution >= 4 is 0 Å². The van der Waals surface area contributed by atoms with Gasteiger partial charge in [-0.2, -0.15) is 0 Å². The fraction of sp³-hybridized carbons (Fsp3) is 0.692. The van der Waals surface area contributed by atoms with Crippen molar-refractivity contribution in [3.63, 3.8) is 0 Å². The van der Waals surface area contributed by atoms with Gasteiger partial charge in [-0.1, -0.05) is 13.8 Å². The Morgan fingerprint density at radius 3 is 3.11 bits per heavy atom. The summed E-state index contributed by atoms with van der Waals surface area (Å²) in [6, 6.07) is 1.95. The summed E-state index contributed by atoms with van der Waals surface area (Å²) in [7, 11) is 0. The number of hydrogen-bond donors (Lipinski definition) is 2. The summed E-state index contributed by atoms with van der Waals surface area (Å²) in [6.45, 7) is 6.38. The molecule has 0 radical (unpaired) electrons. The fourth-order valence-electron chi connectivity index (χ4n) is 2.08. The van der Waals surface area contributed by atoms with E-state index in [-0.39, 0.29) is 5.56 Å². The lowest BCUT2D eigenvalue weighted by molar-refractivity contribution is 0.185. The number of ether oxygens (including phenoxy) is 1. The largest absolute Gasteiger partial charge is 0.381 e. The third-order valence-corrected chi connectivity index (χ3v) is 3.04. The van der Waals surface area contributed by atoms with E-state index in [1.165, 1.54) is 0 Å². The Labute approximate surface area is 107 Å². The van der Waals surface area contributed by atoms with E-state index < -0.39 is 0 Å². The van der Waals surface area contributed by atoms with E-state index in [1.54, 1.807) is 6.07 Å². The molecule has 2 heterocycles. The van der Waals surface area contributed by atoms with Crippen LogP contribution in [0.25, 0.3) is 0 Å². The Bertz CT molecular complexity index is 436. The van der Waals surface area contributed by atoms with E-state index in [2.05, 4.69) is 29.1 Å². The van der Waals surface area contributed by atoms with Crippen molar-refractivity contribution in [3.05, 3.63) is 27.9 Å². The maximum Gasteiger partial charge on any atom is 0.251 e. The molecule has 1 saturated heterocycles. The lowest BCUT2D eigenvalue weighted by Crippen LogP contribution is -2.25. The lowest BCUT2D eigenvalue weighted by Gasteiger charge is -2.10. The van der Waals surface area contributed by atoms with Gasteiger partial charge in [-0.25, -0.2) is 4.98 Å². The van der Waals surface area contributed by atoms with Gasteiger partial charge in [-0.15, -0.1) is 0 Å². The molecular formula is C13H21N3O2. The highest BCUT2D eigenvalue weighted by Crippen LogP contribution is 2.15. The van der Waals surface area contributed by atoms with Crippen LogP contribution in [0.3, 0.4) is 0 Å². The molecule has 0 amide bonds. The normalized spacial score (nSPS) is 19.6. The van der Waals surface area contributed by atoms with E-state index in [0.29, 0.717) is 18.5 Å². The predicted octanol–water partition coefficient (Wildman–Crippen LogP) is 0.847. The van der Waals surface area contributed by atoms with E-state index in [0.717, 1.165) is 37.6 Å². The summed E-state index contributed by atoms with van der Waals surface area (Å²) in [5, 5.41) is 3.27. The lowest BCUT2D eigenvalue weighted by atomic mass is 10.0. The third kappa shape index (κ3) is 3.92. The van der Waals surface area contributed by atoms with Crippen LogP contribution >= 0.6 is 0 Å². The molecule has 1 atom stereocenters. The number of aromatic amines is 1. The Morgan fingerprint density at radius 2 is 2.44 bits per heavy atom. The first-order chi connectivity index (χ1) is 8.63. The van der Waals surface area contributed by atoms with Gasteiger partial charge in [-0.05, 0) is 12.3 Å².